The fourth-order valence-electron chi connectivity index (χ4n) is 4.16. The SMILES string of the molecule is C.C.Cc1cc(NC[C@@H]2CCCN([C@@H](C)c3ccc4c(n3)OCCO4)C2)cc(C(F)(F)F)n1. The number of fused-ring (bicyclic) bond motifs is 1. The average molecular weight is 469 g/mol. The van der Waals surface area contributed by atoms with Gasteiger partial charge >= 0.3 is 6.18 Å². The number of alkyl halides is 3. The maximum atomic E-state index is 13.0. The molecule has 1 saturated heterocycles. The molecule has 0 radical (unpaired) electrons. The van der Waals surface area contributed by atoms with Gasteiger partial charge in [0.15, 0.2) is 5.75 Å². The molecule has 2 aliphatic heterocycles. The zero-order valence-electron chi connectivity index (χ0n) is 17.7. The molecule has 2 atom stereocenters. The molecule has 2 aromatic rings. The summed E-state index contributed by atoms with van der Waals surface area (Å²) in [5, 5.41) is 3.19. The van der Waals surface area contributed by atoms with Crippen molar-refractivity contribution < 1.29 is 22.6 Å². The number of aromatic nitrogens is 2. The third-order valence-electron chi connectivity index (χ3n) is 5.79. The van der Waals surface area contributed by atoms with E-state index in [0.29, 0.717) is 48.7 Å². The van der Waals surface area contributed by atoms with Crippen LogP contribution in [-0.2, 0) is 6.18 Å². The van der Waals surface area contributed by atoms with Crippen LogP contribution in [-0.4, -0.2) is 47.7 Å². The Bertz CT molecular complexity index is 923. The first-order chi connectivity index (χ1) is 14.8. The van der Waals surface area contributed by atoms with Crippen molar-refractivity contribution in [2.45, 2.75) is 53.8 Å². The van der Waals surface area contributed by atoms with Gasteiger partial charge in [-0.2, -0.15) is 13.2 Å². The highest BCUT2D eigenvalue weighted by Gasteiger charge is 2.33. The predicted molar refractivity (Wildman–Crippen MR) is 124 cm³/mol. The largest absolute Gasteiger partial charge is 0.484 e. The molecule has 1 N–H and O–H groups in total. The second-order valence-electron chi connectivity index (χ2n) is 8.18. The summed E-state index contributed by atoms with van der Waals surface area (Å²) in [5.41, 5.74) is 0.871. The van der Waals surface area contributed by atoms with Crippen LogP contribution in [0, 0.1) is 12.8 Å². The lowest BCUT2D eigenvalue weighted by Gasteiger charge is -2.37. The minimum atomic E-state index is -4.45. The number of nitrogens with zero attached hydrogens (tertiary/aromatic N) is 3. The van der Waals surface area contributed by atoms with Gasteiger partial charge in [0, 0.05) is 30.5 Å². The van der Waals surface area contributed by atoms with Crippen molar-refractivity contribution in [3.8, 4) is 11.6 Å². The molecule has 9 heteroatoms. The van der Waals surface area contributed by atoms with Crippen LogP contribution in [0.2, 0.25) is 0 Å². The zero-order chi connectivity index (χ0) is 22.0. The lowest BCUT2D eigenvalue weighted by Crippen LogP contribution is -2.39. The van der Waals surface area contributed by atoms with E-state index in [1.54, 1.807) is 13.0 Å². The molecule has 0 amide bonds. The van der Waals surface area contributed by atoms with Crippen molar-refractivity contribution in [1.82, 2.24) is 14.9 Å². The number of hydrogen-bond donors (Lipinski definition) is 1. The molecule has 2 aliphatic rings. The molecule has 33 heavy (non-hydrogen) atoms. The Morgan fingerprint density at radius 1 is 1.15 bits per heavy atom. The van der Waals surface area contributed by atoms with E-state index in [0.717, 1.165) is 37.7 Å². The molecule has 0 unspecified atom stereocenters. The molecule has 2 aromatic heterocycles. The van der Waals surface area contributed by atoms with Gasteiger partial charge in [0.05, 0.1) is 5.69 Å². The molecular weight excluding hydrogens is 433 g/mol. The normalized spacial score (nSPS) is 19.1. The van der Waals surface area contributed by atoms with Crippen LogP contribution in [0.15, 0.2) is 24.3 Å². The van der Waals surface area contributed by atoms with E-state index in [2.05, 4.69) is 27.1 Å². The molecule has 184 valence electrons. The number of aryl methyl sites for hydroxylation is 1. The van der Waals surface area contributed by atoms with Gasteiger partial charge in [0.1, 0.15) is 18.9 Å². The molecule has 0 spiro atoms. The molecule has 4 heterocycles. The first-order valence-electron chi connectivity index (χ1n) is 10.6. The van der Waals surface area contributed by atoms with Gasteiger partial charge in [0.2, 0.25) is 0 Å². The van der Waals surface area contributed by atoms with Crippen LogP contribution in [0.3, 0.4) is 0 Å². The smallest absolute Gasteiger partial charge is 0.433 e. The number of piperidine rings is 1. The van der Waals surface area contributed by atoms with E-state index in [-0.39, 0.29) is 20.9 Å². The van der Waals surface area contributed by atoms with Gasteiger partial charge in [-0.3, -0.25) is 4.90 Å². The molecule has 0 aromatic carbocycles. The number of hydrogen-bond acceptors (Lipinski definition) is 6. The zero-order valence-corrected chi connectivity index (χ0v) is 17.7. The Hall–Kier alpha value is -2.55. The van der Waals surface area contributed by atoms with Gasteiger partial charge < -0.3 is 14.8 Å². The standard InChI is InChI=1S/C22H27F3N4O2.2CH4/c1-14-10-17(11-20(27-14)22(23,24)25)26-12-16-4-3-7-29(13-16)15(2)18-5-6-19-21(28-18)31-9-8-30-19;;/h5-6,10-11,15-16H,3-4,7-9,12-13H2,1-2H3,(H,26,27);2*1H4/t15-,16-;;/m0../s1. The summed E-state index contributed by atoms with van der Waals surface area (Å²) in [4.78, 5) is 10.6. The Kier molecular flexibility index (Phi) is 8.94. The van der Waals surface area contributed by atoms with Crippen LogP contribution >= 0.6 is 0 Å². The summed E-state index contributed by atoms with van der Waals surface area (Å²) in [6, 6.07) is 6.71. The van der Waals surface area contributed by atoms with E-state index in [1.807, 2.05) is 12.1 Å². The van der Waals surface area contributed by atoms with E-state index in [9.17, 15) is 13.2 Å². The van der Waals surface area contributed by atoms with E-state index in [1.165, 1.54) is 0 Å². The molecular formula is C24H35F3N4O2. The van der Waals surface area contributed by atoms with E-state index in [4.69, 9.17) is 9.47 Å². The topological polar surface area (TPSA) is 59.5 Å². The highest BCUT2D eigenvalue weighted by Crippen LogP contribution is 2.33. The lowest BCUT2D eigenvalue weighted by atomic mass is 9.96. The molecule has 1 fully saturated rings. The van der Waals surface area contributed by atoms with Crippen molar-refractivity contribution >= 4 is 5.69 Å². The van der Waals surface area contributed by atoms with Crippen LogP contribution in [0.25, 0.3) is 0 Å². The first kappa shape index (κ1) is 26.7. The predicted octanol–water partition coefficient (Wildman–Crippen LogP) is 5.73. The van der Waals surface area contributed by atoms with Gasteiger partial charge in [-0.05, 0) is 63.4 Å². The van der Waals surface area contributed by atoms with Gasteiger partial charge in [0.25, 0.3) is 5.88 Å². The number of nitrogens with one attached hydrogen (secondary N) is 1. The van der Waals surface area contributed by atoms with Gasteiger partial charge in [-0.25, -0.2) is 9.97 Å². The Labute approximate surface area is 194 Å². The van der Waals surface area contributed by atoms with E-state index < -0.39 is 11.9 Å². The van der Waals surface area contributed by atoms with Crippen molar-refractivity contribution in [1.29, 1.82) is 0 Å². The molecule has 0 bridgehead atoms. The average Bonchev–Trinajstić information content (AvgIpc) is 2.76. The number of pyridine rings is 2. The van der Waals surface area contributed by atoms with Crippen molar-refractivity contribution in [2.75, 3.05) is 38.2 Å². The Balaban J connectivity index is 0.00000193. The van der Waals surface area contributed by atoms with Crippen LogP contribution in [0.4, 0.5) is 18.9 Å². The summed E-state index contributed by atoms with van der Waals surface area (Å²) in [6.45, 7) is 7.14. The summed E-state index contributed by atoms with van der Waals surface area (Å²) in [6.07, 6.45) is -2.39. The van der Waals surface area contributed by atoms with E-state index >= 15 is 0 Å². The van der Waals surface area contributed by atoms with Crippen LogP contribution < -0.4 is 14.8 Å². The summed E-state index contributed by atoms with van der Waals surface area (Å²) < 4.78 is 50.2. The van der Waals surface area contributed by atoms with Gasteiger partial charge in [-0.15, -0.1) is 0 Å². The fourth-order valence-corrected chi connectivity index (χ4v) is 4.16. The number of halogens is 3. The Morgan fingerprint density at radius 2 is 1.91 bits per heavy atom. The molecule has 0 aliphatic carbocycles. The lowest BCUT2D eigenvalue weighted by molar-refractivity contribution is -0.141. The maximum absolute atomic E-state index is 13.0. The first-order valence-corrected chi connectivity index (χ1v) is 10.6. The highest BCUT2D eigenvalue weighted by molar-refractivity contribution is 5.46. The number of rotatable bonds is 5. The van der Waals surface area contributed by atoms with Crippen LogP contribution in [0.1, 0.15) is 57.7 Å². The van der Waals surface area contributed by atoms with Crippen LogP contribution in [0.5, 0.6) is 11.6 Å². The molecule has 0 saturated carbocycles. The third-order valence-corrected chi connectivity index (χ3v) is 5.79. The quantitative estimate of drug-likeness (QED) is 0.605. The third kappa shape index (κ3) is 6.50. The van der Waals surface area contributed by atoms with Crippen molar-refractivity contribution in [3.05, 3.63) is 41.3 Å². The minimum absolute atomic E-state index is 0. The molecule has 6 nitrogen and oxygen atoms in total. The number of ether oxygens (including phenoxy) is 2. The Morgan fingerprint density at radius 3 is 2.67 bits per heavy atom. The highest BCUT2D eigenvalue weighted by atomic mass is 19.4. The summed E-state index contributed by atoms with van der Waals surface area (Å²) >= 11 is 0. The molecule has 4 rings (SSSR count). The van der Waals surface area contributed by atoms with Gasteiger partial charge in [-0.1, -0.05) is 14.9 Å². The number of anilines is 1. The summed E-state index contributed by atoms with van der Waals surface area (Å²) in [7, 11) is 0. The fraction of sp³-hybridized carbons (Fsp3) is 0.583. The van der Waals surface area contributed by atoms with Crippen molar-refractivity contribution in [3.63, 3.8) is 0 Å². The second kappa shape index (κ2) is 11.0. The minimum Gasteiger partial charge on any atom is -0.484 e. The summed E-state index contributed by atoms with van der Waals surface area (Å²) in [5.74, 6) is 1.55. The van der Waals surface area contributed by atoms with Crippen molar-refractivity contribution in [2.24, 2.45) is 5.92 Å². The second-order valence-corrected chi connectivity index (χ2v) is 8.18. The monoisotopic (exact) mass is 468 g/mol. The maximum Gasteiger partial charge on any atom is 0.433 e. The number of likely N-dealkylation sites (tertiary alicyclic amines) is 1.